The SMILES string of the molecule is Cc1cc(N2CCCC2)ccc1NC(=O)CN1C(=O)c2cccc3cccc1c23. The van der Waals surface area contributed by atoms with Crippen molar-refractivity contribution in [3.05, 3.63) is 65.7 Å². The Hall–Kier alpha value is -3.34. The van der Waals surface area contributed by atoms with Crippen molar-refractivity contribution in [3.63, 3.8) is 0 Å². The Morgan fingerprint density at radius 1 is 1.03 bits per heavy atom. The summed E-state index contributed by atoms with van der Waals surface area (Å²) >= 11 is 0. The second-order valence-electron chi connectivity index (χ2n) is 7.81. The summed E-state index contributed by atoms with van der Waals surface area (Å²) in [5.41, 5.74) is 4.49. The van der Waals surface area contributed by atoms with Gasteiger partial charge in [0.15, 0.2) is 0 Å². The molecule has 5 nitrogen and oxygen atoms in total. The van der Waals surface area contributed by atoms with Crippen LogP contribution in [-0.4, -0.2) is 31.4 Å². The number of nitrogens with zero attached hydrogens (tertiary/aromatic N) is 2. The number of amides is 2. The van der Waals surface area contributed by atoms with E-state index in [0.29, 0.717) is 5.56 Å². The lowest BCUT2D eigenvalue weighted by molar-refractivity contribution is -0.114. The number of rotatable bonds is 4. The Morgan fingerprint density at radius 2 is 1.79 bits per heavy atom. The number of carbonyl (C=O) groups is 2. The van der Waals surface area contributed by atoms with E-state index in [-0.39, 0.29) is 18.4 Å². The third kappa shape index (κ3) is 3.03. The normalized spacial score (nSPS) is 15.4. The average Bonchev–Trinajstić information content (AvgIpc) is 3.35. The summed E-state index contributed by atoms with van der Waals surface area (Å²) in [7, 11) is 0. The Labute approximate surface area is 169 Å². The fourth-order valence-corrected chi connectivity index (χ4v) is 4.43. The zero-order valence-electron chi connectivity index (χ0n) is 16.4. The van der Waals surface area contributed by atoms with Crippen molar-refractivity contribution in [2.24, 2.45) is 0 Å². The van der Waals surface area contributed by atoms with Gasteiger partial charge in [-0.1, -0.05) is 24.3 Å². The van der Waals surface area contributed by atoms with Gasteiger partial charge in [-0.2, -0.15) is 0 Å². The summed E-state index contributed by atoms with van der Waals surface area (Å²) < 4.78 is 0. The molecule has 0 unspecified atom stereocenters. The second kappa shape index (κ2) is 6.92. The average molecular weight is 385 g/mol. The van der Waals surface area contributed by atoms with Crippen molar-refractivity contribution in [3.8, 4) is 0 Å². The molecule has 0 aliphatic carbocycles. The lowest BCUT2D eigenvalue weighted by atomic mass is 10.1. The highest BCUT2D eigenvalue weighted by Gasteiger charge is 2.30. The molecule has 0 bridgehead atoms. The molecule has 0 atom stereocenters. The number of hydrogen-bond donors (Lipinski definition) is 1. The first-order valence-corrected chi connectivity index (χ1v) is 10.1. The lowest BCUT2D eigenvalue weighted by Gasteiger charge is -2.20. The fraction of sp³-hybridized carbons (Fsp3) is 0.250. The largest absolute Gasteiger partial charge is 0.372 e. The van der Waals surface area contributed by atoms with E-state index in [1.807, 2.05) is 49.4 Å². The standard InChI is InChI=1S/C24H23N3O2/c1-16-14-18(26-12-2-3-13-26)10-11-20(16)25-22(28)15-27-21-9-5-7-17-6-4-8-19(23(17)21)24(27)29/h4-11,14H,2-3,12-13,15H2,1H3,(H,25,28). The van der Waals surface area contributed by atoms with Gasteiger partial charge in [0.2, 0.25) is 5.91 Å². The van der Waals surface area contributed by atoms with Crippen LogP contribution in [-0.2, 0) is 4.79 Å². The van der Waals surface area contributed by atoms with Crippen LogP contribution in [0.15, 0.2) is 54.6 Å². The van der Waals surface area contributed by atoms with Gasteiger partial charge in [0.25, 0.3) is 5.91 Å². The fourth-order valence-electron chi connectivity index (χ4n) is 4.43. The van der Waals surface area contributed by atoms with Crippen LogP contribution in [0.2, 0.25) is 0 Å². The maximum absolute atomic E-state index is 12.9. The van der Waals surface area contributed by atoms with E-state index in [2.05, 4.69) is 22.3 Å². The third-order valence-electron chi connectivity index (χ3n) is 5.91. The van der Waals surface area contributed by atoms with Gasteiger partial charge in [-0.15, -0.1) is 0 Å². The molecule has 5 heteroatoms. The quantitative estimate of drug-likeness (QED) is 0.727. The molecular weight excluding hydrogens is 362 g/mol. The van der Waals surface area contributed by atoms with Gasteiger partial charge in [0.1, 0.15) is 6.54 Å². The molecule has 0 aromatic heterocycles. The van der Waals surface area contributed by atoms with E-state index in [4.69, 9.17) is 0 Å². The first-order chi connectivity index (χ1) is 14.1. The second-order valence-corrected chi connectivity index (χ2v) is 7.81. The molecule has 0 radical (unpaired) electrons. The number of anilines is 3. The predicted octanol–water partition coefficient (Wildman–Crippen LogP) is 4.35. The van der Waals surface area contributed by atoms with Crippen LogP contribution >= 0.6 is 0 Å². The zero-order valence-corrected chi connectivity index (χ0v) is 16.4. The molecule has 2 amide bonds. The van der Waals surface area contributed by atoms with Crippen molar-refractivity contribution in [2.45, 2.75) is 19.8 Å². The summed E-state index contributed by atoms with van der Waals surface area (Å²) in [6.07, 6.45) is 2.47. The molecule has 146 valence electrons. The van der Waals surface area contributed by atoms with Gasteiger partial charge in [-0.05, 0) is 61.0 Å². The molecule has 1 N–H and O–H groups in total. The number of benzene rings is 3. The van der Waals surface area contributed by atoms with Crippen molar-refractivity contribution in [2.75, 3.05) is 34.8 Å². The first kappa shape index (κ1) is 17.7. The van der Waals surface area contributed by atoms with Crippen LogP contribution in [0.5, 0.6) is 0 Å². The summed E-state index contributed by atoms with van der Waals surface area (Å²) in [6, 6.07) is 17.7. The summed E-state index contributed by atoms with van der Waals surface area (Å²) in [5.74, 6) is -0.312. The molecular formula is C24H23N3O2. The maximum Gasteiger partial charge on any atom is 0.259 e. The summed E-state index contributed by atoms with van der Waals surface area (Å²) in [6.45, 7) is 4.19. The van der Waals surface area contributed by atoms with Crippen molar-refractivity contribution < 1.29 is 9.59 Å². The molecule has 0 spiro atoms. The number of hydrogen-bond acceptors (Lipinski definition) is 3. The van der Waals surface area contributed by atoms with E-state index in [0.717, 1.165) is 40.8 Å². The monoisotopic (exact) mass is 385 g/mol. The molecule has 5 rings (SSSR count). The molecule has 2 aliphatic rings. The Kier molecular flexibility index (Phi) is 4.23. The highest BCUT2D eigenvalue weighted by Crippen LogP contribution is 2.37. The van der Waals surface area contributed by atoms with Crippen LogP contribution in [0.3, 0.4) is 0 Å². The minimum Gasteiger partial charge on any atom is -0.372 e. The van der Waals surface area contributed by atoms with Crippen molar-refractivity contribution in [1.29, 1.82) is 0 Å². The van der Waals surface area contributed by atoms with Crippen LogP contribution < -0.4 is 15.1 Å². The van der Waals surface area contributed by atoms with Crippen molar-refractivity contribution >= 4 is 39.6 Å². The predicted molar refractivity (Wildman–Crippen MR) is 117 cm³/mol. The smallest absolute Gasteiger partial charge is 0.259 e. The number of aryl methyl sites for hydroxylation is 1. The summed E-state index contributed by atoms with van der Waals surface area (Å²) in [4.78, 5) is 29.6. The van der Waals surface area contributed by atoms with Crippen LogP contribution in [0.1, 0.15) is 28.8 Å². The first-order valence-electron chi connectivity index (χ1n) is 10.1. The van der Waals surface area contributed by atoms with Gasteiger partial charge in [0, 0.05) is 35.4 Å². The van der Waals surface area contributed by atoms with E-state index < -0.39 is 0 Å². The minimum absolute atomic E-state index is 0.0000565. The highest BCUT2D eigenvalue weighted by atomic mass is 16.2. The number of nitrogens with one attached hydrogen (secondary N) is 1. The van der Waals surface area contributed by atoms with E-state index >= 15 is 0 Å². The van der Waals surface area contributed by atoms with E-state index in [9.17, 15) is 9.59 Å². The molecule has 3 aromatic rings. The maximum atomic E-state index is 12.9. The van der Waals surface area contributed by atoms with E-state index in [1.165, 1.54) is 18.5 Å². The lowest BCUT2D eigenvalue weighted by Crippen LogP contribution is -2.35. The molecule has 1 saturated heterocycles. The van der Waals surface area contributed by atoms with E-state index in [1.54, 1.807) is 4.90 Å². The Morgan fingerprint density at radius 3 is 2.55 bits per heavy atom. The Balaban J connectivity index is 1.34. The minimum atomic E-state index is -0.194. The molecule has 29 heavy (non-hydrogen) atoms. The summed E-state index contributed by atoms with van der Waals surface area (Å²) in [5, 5.41) is 4.93. The van der Waals surface area contributed by atoms with Gasteiger partial charge in [0.05, 0.1) is 5.69 Å². The number of carbonyl (C=O) groups excluding carboxylic acids is 2. The Bertz CT molecular complexity index is 1130. The van der Waals surface area contributed by atoms with Gasteiger partial charge < -0.3 is 10.2 Å². The van der Waals surface area contributed by atoms with Crippen LogP contribution in [0.4, 0.5) is 17.1 Å². The molecule has 2 heterocycles. The van der Waals surface area contributed by atoms with Crippen LogP contribution in [0.25, 0.3) is 10.8 Å². The van der Waals surface area contributed by atoms with Crippen LogP contribution in [0, 0.1) is 6.92 Å². The third-order valence-corrected chi connectivity index (χ3v) is 5.91. The van der Waals surface area contributed by atoms with Gasteiger partial charge in [-0.3, -0.25) is 14.5 Å². The van der Waals surface area contributed by atoms with Crippen molar-refractivity contribution in [1.82, 2.24) is 0 Å². The molecule has 0 saturated carbocycles. The topological polar surface area (TPSA) is 52.7 Å². The molecule has 1 fully saturated rings. The van der Waals surface area contributed by atoms with Gasteiger partial charge in [-0.25, -0.2) is 0 Å². The zero-order chi connectivity index (χ0) is 20.0. The molecule has 3 aromatic carbocycles. The van der Waals surface area contributed by atoms with Gasteiger partial charge >= 0.3 is 0 Å². The molecule has 2 aliphatic heterocycles. The highest BCUT2D eigenvalue weighted by molar-refractivity contribution is 6.26.